The van der Waals surface area contributed by atoms with Crippen molar-refractivity contribution in [1.29, 1.82) is 0 Å². The summed E-state index contributed by atoms with van der Waals surface area (Å²) in [6.45, 7) is 5.28. The maximum Gasteiger partial charge on any atom is 0.124 e. The van der Waals surface area contributed by atoms with E-state index in [-0.39, 0.29) is 0 Å². The van der Waals surface area contributed by atoms with Crippen LogP contribution in [0.4, 0.5) is 5.69 Å². The first-order valence-corrected chi connectivity index (χ1v) is 9.32. The number of nitrogens with zero attached hydrogens (tertiary/aromatic N) is 1. The monoisotopic (exact) mass is 346 g/mol. The molecule has 1 fully saturated rings. The van der Waals surface area contributed by atoms with Crippen LogP contribution in [-0.2, 0) is 6.54 Å². The molecule has 2 aromatic rings. The second-order valence-electron chi connectivity index (χ2n) is 6.22. The third-order valence-corrected chi connectivity index (χ3v) is 5.63. The van der Waals surface area contributed by atoms with Crippen molar-refractivity contribution in [1.82, 2.24) is 5.32 Å². The third-order valence-electron chi connectivity index (χ3n) is 4.74. The number of benzene rings is 1. The van der Waals surface area contributed by atoms with E-state index in [1.807, 2.05) is 17.4 Å². The van der Waals surface area contributed by atoms with Crippen molar-refractivity contribution in [3.05, 3.63) is 40.1 Å². The Balaban J connectivity index is 1.56. The summed E-state index contributed by atoms with van der Waals surface area (Å²) in [6, 6.07) is 8.91. The molecule has 130 valence electrons. The molecule has 0 unspecified atom stereocenters. The van der Waals surface area contributed by atoms with E-state index in [1.165, 1.54) is 16.1 Å². The number of hydrogen-bond acceptors (Lipinski definition) is 5. The summed E-state index contributed by atoms with van der Waals surface area (Å²) in [5.41, 5.74) is 2.61. The Bertz CT molecular complexity index is 641. The standard InChI is InChI=1S/C19H26N2O2S/c1-14-15(6-9-24-14)13-20-16-4-7-21(8-5-16)17-10-18(22-2)12-19(11-17)23-3/h6,9-12,16,20H,4-5,7-8,13H2,1-3H3. The molecule has 0 saturated carbocycles. The van der Waals surface area contributed by atoms with Crippen LogP contribution in [0.5, 0.6) is 11.5 Å². The molecule has 0 atom stereocenters. The predicted molar refractivity (Wildman–Crippen MR) is 101 cm³/mol. The van der Waals surface area contributed by atoms with Crippen LogP contribution in [0, 0.1) is 6.92 Å². The molecule has 0 amide bonds. The molecule has 0 spiro atoms. The van der Waals surface area contributed by atoms with Gasteiger partial charge in [-0.15, -0.1) is 11.3 Å². The van der Waals surface area contributed by atoms with Gasteiger partial charge < -0.3 is 19.7 Å². The average molecular weight is 346 g/mol. The number of methoxy groups -OCH3 is 2. The molecule has 2 heterocycles. The summed E-state index contributed by atoms with van der Waals surface area (Å²) in [6.07, 6.45) is 2.31. The van der Waals surface area contributed by atoms with Crippen molar-refractivity contribution >= 4 is 17.0 Å². The Kier molecular flexibility index (Phi) is 5.63. The summed E-state index contributed by atoms with van der Waals surface area (Å²) >= 11 is 1.82. The highest BCUT2D eigenvalue weighted by Crippen LogP contribution is 2.30. The Morgan fingerprint density at radius 3 is 2.33 bits per heavy atom. The first kappa shape index (κ1) is 17.1. The van der Waals surface area contributed by atoms with Crippen LogP contribution in [0.1, 0.15) is 23.3 Å². The van der Waals surface area contributed by atoms with Crippen LogP contribution in [-0.4, -0.2) is 33.4 Å². The van der Waals surface area contributed by atoms with Crippen molar-refractivity contribution in [2.24, 2.45) is 0 Å². The van der Waals surface area contributed by atoms with Crippen molar-refractivity contribution < 1.29 is 9.47 Å². The minimum atomic E-state index is 0.591. The Hall–Kier alpha value is -1.72. The lowest BCUT2D eigenvalue weighted by Crippen LogP contribution is -2.42. The van der Waals surface area contributed by atoms with E-state index in [0.717, 1.165) is 44.0 Å². The lowest BCUT2D eigenvalue weighted by molar-refractivity contribution is 0.392. The van der Waals surface area contributed by atoms with Crippen LogP contribution in [0.25, 0.3) is 0 Å². The molecule has 1 saturated heterocycles. The molecule has 1 aromatic heterocycles. The maximum absolute atomic E-state index is 5.38. The zero-order valence-corrected chi connectivity index (χ0v) is 15.5. The van der Waals surface area contributed by atoms with Gasteiger partial charge in [0.1, 0.15) is 11.5 Å². The minimum Gasteiger partial charge on any atom is -0.497 e. The highest BCUT2D eigenvalue weighted by Gasteiger charge is 2.20. The van der Waals surface area contributed by atoms with E-state index in [1.54, 1.807) is 14.2 Å². The molecule has 1 aromatic carbocycles. The van der Waals surface area contributed by atoms with Gasteiger partial charge in [0.05, 0.1) is 14.2 Å². The lowest BCUT2D eigenvalue weighted by atomic mass is 10.0. The SMILES string of the molecule is COc1cc(OC)cc(N2CCC(NCc3ccsc3C)CC2)c1. The molecule has 1 aliphatic heterocycles. The number of thiophene rings is 1. The molecule has 5 heteroatoms. The van der Waals surface area contributed by atoms with Crippen LogP contribution >= 0.6 is 11.3 Å². The van der Waals surface area contributed by atoms with Crippen LogP contribution in [0.15, 0.2) is 29.6 Å². The van der Waals surface area contributed by atoms with Crippen LogP contribution in [0.2, 0.25) is 0 Å². The van der Waals surface area contributed by atoms with Gasteiger partial charge in [-0.2, -0.15) is 0 Å². The van der Waals surface area contributed by atoms with E-state index < -0.39 is 0 Å². The summed E-state index contributed by atoms with van der Waals surface area (Å²) in [5, 5.41) is 5.88. The second kappa shape index (κ2) is 7.90. The van der Waals surface area contributed by atoms with Gasteiger partial charge in [-0.25, -0.2) is 0 Å². The Morgan fingerprint density at radius 2 is 1.79 bits per heavy atom. The fourth-order valence-corrected chi connectivity index (χ4v) is 3.89. The number of nitrogens with one attached hydrogen (secondary N) is 1. The Labute approximate surface area is 148 Å². The molecule has 0 bridgehead atoms. The van der Waals surface area contributed by atoms with E-state index >= 15 is 0 Å². The van der Waals surface area contributed by atoms with Gasteiger partial charge in [-0.1, -0.05) is 0 Å². The van der Waals surface area contributed by atoms with Gasteiger partial charge in [-0.05, 0) is 36.8 Å². The fourth-order valence-electron chi connectivity index (χ4n) is 3.17. The smallest absolute Gasteiger partial charge is 0.124 e. The molecule has 0 radical (unpaired) electrons. The number of anilines is 1. The summed E-state index contributed by atoms with van der Waals surface area (Å²) < 4.78 is 10.8. The molecule has 4 nitrogen and oxygen atoms in total. The number of piperidine rings is 1. The van der Waals surface area contributed by atoms with Crippen molar-refractivity contribution in [2.45, 2.75) is 32.4 Å². The van der Waals surface area contributed by atoms with Crippen molar-refractivity contribution in [3.8, 4) is 11.5 Å². The zero-order valence-electron chi connectivity index (χ0n) is 14.7. The summed E-state index contributed by atoms with van der Waals surface area (Å²) in [5.74, 6) is 1.69. The van der Waals surface area contributed by atoms with Gasteiger partial charge in [0, 0.05) is 54.4 Å². The summed E-state index contributed by atoms with van der Waals surface area (Å²) in [7, 11) is 3.39. The largest absolute Gasteiger partial charge is 0.497 e. The van der Waals surface area contributed by atoms with E-state index in [4.69, 9.17) is 9.47 Å². The molecule has 3 rings (SSSR count). The topological polar surface area (TPSA) is 33.7 Å². The van der Waals surface area contributed by atoms with Gasteiger partial charge in [0.25, 0.3) is 0 Å². The maximum atomic E-state index is 5.38. The average Bonchev–Trinajstić information content (AvgIpc) is 3.04. The van der Waals surface area contributed by atoms with Crippen LogP contribution in [0.3, 0.4) is 0 Å². The van der Waals surface area contributed by atoms with E-state index in [2.05, 4.69) is 40.7 Å². The van der Waals surface area contributed by atoms with Gasteiger partial charge in [-0.3, -0.25) is 0 Å². The fraction of sp³-hybridized carbons (Fsp3) is 0.474. The van der Waals surface area contributed by atoms with E-state index in [0.29, 0.717) is 6.04 Å². The quantitative estimate of drug-likeness (QED) is 0.862. The molecule has 24 heavy (non-hydrogen) atoms. The normalized spacial score (nSPS) is 15.5. The molecule has 1 N–H and O–H groups in total. The van der Waals surface area contributed by atoms with Gasteiger partial charge in [0.15, 0.2) is 0 Å². The van der Waals surface area contributed by atoms with Crippen molar-refractivity contribution in [3.63, 3.8) is 0 Å². The molecular weight excluding hydrogens is 320 g/mol. The van der Waals surface area contributed by atoms with Crippen LogP contribution < -0.4 is 19.7 Å². The van der Waals surface area contributed by atoms with E-state index in [9.17, 15) is 0 Å². The predicted octanol–water partition coefficient (Wildman–Crippen LogP) is 3.83. The molecule has 1 aliphatic rings. The number of ether oxygens (including phenoxy) is 2. The zero-order chi connectivity index (χ0) is 16.9. The first-order chi connectivity index (χ1) is 11.7. The highest BCUT2D eigenvalue weighted by atomic mass is 32.1. The Morgan fingerprint density at radius 1 is 1.12 bits per heavy atom. The first-order valence-electron chi connectivity index (χ1n) is 8.44. The van der Waals surface area contributed by atoms with Gasteiger partial charge in [0.2, 0.25) is 0 Å². The summed E-state index contributed by atoms with van der Waals surface area (Å²) in [4.78, 5) is 3.84. The van der Waals surface area contributed by atoms with Gasteiger partial charge >= 0.3 is 0 Å². The van der Waals surface area contributed by atoms with Crippen molar-refractivity contribution in [2.75, 3.05) is 32.2 Å². The molecule has 0 aliphatic carbocycles. The minimum absolute atomic E-state index is 0.591. The second-order valence-corrected chi connectivity index (χ2v) is 7.34. The number of rotatable bonds is 6. The highest BCUT2D eigenvalue weighted by molar-refractivity contribution is 7.10. The molecular formula is C19H26N2O2S. The number of hydrogen-bond donors (Lipinski definition) is 1. The lowest BCUT2D eigenvalue weighted by Gasteiger charge is -2.34. The third kappa shape index (κ3) is 4.02. The number of aryl methyl sites for hydroxylation is 1.